The van der Waals surface area contributed by atoms with Gasteiger partial charge in [-0.25, -0.2) is 0 Å². The number of allylic oxidation sites excluding steroid dienone is 5. The van der Waals surface area contributed by atoms with E-state index in [1.807, 2.05) is 0 Å². The quantitative estimate of drug-likeness (QED) is 0.214. The zero-order valence-corrected chi connectivity index (χ0v) is 18.8. The van der Waals surface area contributed by atoms with Crippen LogP contribution in [0.5, 0.6) is 0 Å². The summed E-state index contributed by atoms with van der Waals surface area (Å²) in [7, 11) is 0. The third-order valence-corrected chi connectivity index (χ3v) is 6.15. The number of para-hydroxylation sites is 2. The lowest BCUT2D eigenvalue weighted by molar-refractivity contribution is 0.471. The Labute approximate surface area is 186 Å². The van der Waals surface area contributed by atoms with Crippen LogP contribution < -0.4 is 0 Å². The van der Waals surface area contributed by atoms with Crippen molar-refractivity contribution in [1.29, 1.82) is 0 Å². The maximum absolute atomic E-state index is 4.02. The molecule has 0 bridgehead atoms. The van der Waals surface area contributed by atoms with Crippen LogP contribution >= 0.6 is 0 Å². The van der Waals surface area contributed by atoms with Crippen molar-refractivity contribution in [3.8, 4) is 5.69 Å². The van der Waals surface area contributed by atoms with E-state index in [1.54, 1.807) is 0 Å². The van der Waals surface area contributed by atoms with E-state index in [0.29, 0.717) is 11.8 Å². The molecular formula is C30H31N. The summed E-state index contributed by atoms with van der Waals surface area (Å²) >= 11 is 0. The Morgan fingerprint density at radius 2 is 1.45 bits per heavy atom. The lowest BCUT2D eigenvalue weighted by Gasteiger charge is -2.15. The molecule has 1 nitrogen and oxygen atoms in total. The van der Waals surface area contributed by atoms with Crippen molar-refractivity contribution in [2.75, 3.05) is 0 Å². The van der Waals surface area contributed by atoms with Gasteiger partial charge in [-0.05, 0) is 60.6 Å². The van der Waals surface area contributed by atoms with Crippen molar-refractivity contribution in [3.63, 3.8) is 0 Å². The van der Waals surface area contributed by atoms with Crippen LogP contribution in [-0.2, 0) is 0 Å². The SMILES string of the molecule is C=CC(C/C=C(\C=C/C)c1ccc(-n2c3ccccc3c3ccccc32)cc1)C(C)C. The molecule has 0 aliphatic rings. The van der Waals surface area contributed by atoms with E-state index >= 15 is 0 Å². The van der Waals surface area contributed by atoms with Gasteiger partial charge in [-0.3, -0.25) is 0 Å². The highest BCUT2D eigenvalue weighted by Gasteiger charge is 2.12. The highest BCUT2D eigenvalue weighted by Crippen LogP contribution is 2.32. The molecule has 0 aliphatic heterocycles. The van der Waals surface area contributed by atoms with Gasteiger partial charge in [-0.2, -0.15) is 0 Å². The minimum absolute atomic E-state index is 0.497. The zero-order valence-electron chi connectivity index (χ0n) is 18.8. The van der Waals surface area contributed by atoms with Crippen LogP contribution in [-0.4, -0.2) is 4.57 Å². The van der Waals surface area contributed by atoms with Gasteiger partial charge in [-0.1, -0.05) is 86.7 Å². The monoisotopic (exact) mass is 405 g/mol. The Morgan fingerprint density at radius 1 is 0.871 bits per heavy atom. The molecule has 1 heteroatoms. The number of hydrogen-bond acceptors (Lipinski definition) is 0. The number of fused-ring (bicyclic) bond motifs is 3. The number of nitrogens with zero attached hydrogens (tertiary/aromatic N) is 1. The molecule has 0 spiro atoms. The first-order valence-corrected chi connectivity index (χ1v) is 11.2. The first-order chi connectivity index (χ1) is 15.1. The first-order valence-electron chi connectivity index (χ1n) is 11.2. The molecule has 1 heterocycles. The molecule has 31 heavy (non-hydrogen) atoms. The second-order valence-corrected chi connectivity index (χ2v) is 8.46. The fourth-order valence-corrected chi connectivity index (χ4v) is 4.37. The van der Waals surface area contributed by atoms with Crippen molar-refractivity contribution in [1.82, 2.24) is 4.57 Å². The number of benzene rings is 3. The van der Waals surface area contributed by atoms with Gasteiger partial charge in [0.1, 0.15) is 0 Å². The minimum Gasteiger partial charge on any atom is -0.309 e. The average Bonchev–Trinajstić information content (AvgIpc) is 3.13. The molecule has 0 radical (unpaired) electrons. The topological polar surface area (TPSA) is 4.93 Å². The Hall–Kier alpha value is -3.32. The van der Waals surface area contributed by atoms with Crippen molar-refractivity contribution in [2.45, 2.75) is 27.2 Å². The van der Waals surface area contributed by atoms with Gasteiger partial charge < -0.3 is 4.57 Å². The molecule has 0 N–H and O–H groups in total. The zero-order chi connectivity index (χ0) is 21.8. The maximum Gasteiger partial charge on any atom is 0.0541 e. The second kappa shape index (κ2) is 9.22. The number of rotatable bonds is 7. The molecule has 0 fully saturated rings. The molecule has 0 aliphatic carbocycles. The van der Waals surface area contributed by atoms with Gasteiger partial charge in [0.25, 0.3) is 0 Å². The van der Waals surface area contributed by atoms with Gasteiger partial charge in [-0.15, -0.1) is 6.58 Å². The van der Waals surface area contributed by atoms with E-state index in [-0.39, 0.29) is 0 Å². The Morgan fingerprint density at radius 3 is 1.97 bits per heavy atom. The minimum atomic E-state index is 0.497. The first kappa shape index (κ1) is 20.9. The molecular weight excluding hydrogens is 374 g/mol. The number of aromatic nitrogens is 1. The smallest absolute Gasteiger partial charge is 0.0541 e. The fourth-order valence-electron chi connectivity index (χ4n) is 4.37. The lowest BCUT2D eigenvalue weighted by Crippen LogP contribution is -2.03. The largest absolute Gasteiger partial charge is 0.309 e. The van der Waals surface area contributed by atoms with Gasteiger partial charge in [0.05, 0.1) is 11.0 Å². The predicted octanol–water partition coefficient (Wildman–Crippen LogP) is 8.59. The van der Waals surface area contributed by atoms with Gasteiger partial charge in [0.15, 0.2) is 0 Å². The Bertz CT molecular complexity index is 1200. The van der Waals surface area contributed by atoms with E-state index in [4.69, 9.17) is 0 Å². The molecule has 4 rings (SSSR count). The fraction of sp³-hybridized carbons (Fsp3) is 0.200. The van der Waals surface area contributed by atoms with Gasteiger partial charge in [0, 0.05) is 16.5 Å². The van der Waals surface area contributed by atoms with Gasteiger partial charge in [0.2, 0.25) is 0 Å². The van der Waals surface area contributed by atoms with Crippen molar-refractivity contribution < 1.29 is 0 Å². The van der Waals surface area contributed by atoms with Crippen LogP contribution in [0.1, 0.15) is 32.8 Å². The van der Waals surface area contributed by atoms with Crippen LogP contribution in [0.2, 0.25) is 0 Å². The predicted molar refractivity (Wildman–Crippen MR) is 137 cm³/mol. The van der Waals surface area contributed by atoms with Crippen LogP contribution in [0.3, 0.4) is 0 Å². The van der Waals surface area contributed by atoms with E-state index in [0.717, 1.165) is 6.42 Å². The van der Waals surface area contributed by atoms with Crippen LogP contribution in [0.25, 0.3) is 33.1 Å². The van der Waals surface area contributed by atoms with E-state index in [1.165, 1.54) is 38.6 Å². The summed E-state index contributed by atoms with van der Waals surface area (Å²) in [6, 6.07) is 26.2. The standard InChI is InChI=1S/C30H31N/c1-5-11-24(17-16-23(6-2)22(3)4)25-18-20-26(21-19-25)31-29-14-9-7-12-27(29)28-13-8-10-15-30(28)31/h5-15,17-23H,2,16H2,1,3-4H3/b11-5-,24-17+. The van der Waals surface area contributed by atoms with Crippen molar-refractivity contribution >= 4 is 27.4 Å². The van der Waals surface area contributed by atoms with Crippen LogP contribution in [0.4, 0.5) is 0 Å². The Balaban J connectivity index is 1.75. The normalized spacial score (nSPS) is 13.5. The lowest BCUT2D eigenvalue weighted by atomic mass is 9.91. The number of hydrogen-bond donors (Lipinski definition) is 0. The molecule has 0 saturated heterocycles. The van der Waals surface area contributed by atoms with Crippen LogP contribution in [0, 0.1) is 11.8 Å². The summed E-state index contributed by atoms with van der Waals surface area (Å²) in [6.45, 7) is 10.6. The molecule has 3 aromatic carbocycles. The Kier molecular flexibility index (Phi) is 6.23. The maximum atomic E-state index is 4.02. The molecule has 156 valence electrons. The summed E-state index contributed by atoms with van der Waals surface area (Å²) in [4.78, 5) is 0. The van der Waals surface area contributed by atoms with E-state index < -0.39 is 0 Å². The summed E-state index contributed by atoms with van der Waals surface area (Å²) in [5.41, 5.74) is 6.18. The molecule has 1 aromatic heterocycles. The van der Waals surface area contributed by atoms with Gasteiger partial charge >= 0.3 is 0 Å². The average molecular weight is 406 g/mol. The molecule has 4 aromatic rings. The van der Waals surface area contributed by atoms with E-state index in [9.17, 15) is 0 Å². The third kappa shape index (κ3) is 4.14. The highest BCUT2D eigenvalue weighted by molar-refractivity contribution is 6.09. The summed E-state index contributed by atoms with van der Waals surface area (Å²) in [5, 5.41) is 2.58. The summed E-state index contributed by atoms with van der Waals surface area (Å²) < 4.78 is 2.36. The van der Waals surface area contributed by atoms with Crippen molar-refractivity contribution in [3.05, 3.63) is 109 Å². The molecule has 1 unspecified atom stereocenters. The second-order valence-electron chi connectivity index (χ2n) is 8.46. The van der Waals surface area contributed by atoms with Crippen molar-refractivity contribution in [2.24, 2.45) is 11.8 Å². The molecule has 0 amide bonds. The molecule has 0 saturated carbocycles. The summed E-state index contributed by atoms with van der Waals surface area (Å²) in [6.07, 6.45) is 9.76. The van der Waals surface area contributed by atoms with Crippen LogP contribution in [0.15, 0.2) is 104 Å². The molecule has 1 atom stereocenters. The summed E-state index contributed by atoms with van der Waals surface area (Å²) in [5.74, 6) is 1.09. The third-order valence-electron chi connectivity index (χ3n) is 6.15. The highest BCUT2D eigenvalue weighted by atomic mass is 15.0. The van der Waals surface area contributed by atoms with E-state index in [2.05, 4.69) is 129 Å².